The van der Waals surface area contributed by atoms with Crippen molar-refractivity contribution in [3.8, 4) is 23.7 Å². The van der Waals surface area contributed by atoms with Crippen molar-refractivity contribution in [1.29, 1.82) is 5.26 Å². The second-order valence-corrected chi connectivity index (χ2v) is 5.35. The normalized spacial score (nSPS) is 18.5. The van der Waals surface area contributed by atoms with Crippen LogP contribution in [0.4, 0.5) is 4.39 Å². The summed E-state index contributed by atoms with van der Waals surface area (Å²) in [6.45, 7) is 0. The highest BCUT2D eigenvalue weighted by Crippen LogP contribution is 2.18. The van der Waals surface area contributed by atoms with Gasteiger partial charge in [-0.2, -0.15) is 10.8 Å². The summed E-state index contributed by atoms with van der Waals surface area (Å²) in [6, 6.07) is 11.6. The third-order valence-corrected chi connectivity index (χ3v) is 3.57. The minimum Gasteiger partial charge on any atom is -0.480 e. The second kappa shape index (κ2) is 7.64. The number of nitriles is 1. The summed E-state index contributed by atoms with van der Waals surface area (Å²) in [6.07, 6.45) is -0.878. The van der Waals surface area contributed by atoms with Crippen LogP contribution in [0.5, 0.6) is 5.75 Å². The topological polar surface area (TPSA) is 106 Å². The molecule has 1 aliphatic heterocycles. The Bertz CT molecular complexity index is 928. The average Bonchev–Trinajstić information content (AvgIpc) is 3.11. The third-order valence-electron chi connectivity index (χ3n) is 3.57. The molecule has 1 heterocycles. The molecule has 4 N–H and O–H groups in total. The molecule has 3 rings (SSSR count). The molecule has 2 aromatic rings. The van der Waals surface area contributed by atoms with E-state index in [1.54, 1.807) is 24.3 Å². The van der Waals surface area contributed by atoms with Crippen LogP contribution in [0.15, 0.2) is 42.5 Å². The molecular formula is C18H13FN4O3. The predicted molar refractivity (Wildman–Crippen MR) is 88.8 cm³/mol. The van der Waals surface area contributed by atoms with Gasteiger partial charge >= 0.3 is 5.97 Å². The van der Waals surface area contributed by atoms with Crippen LogP contribution >= 0.6 is 0 Å². The van der Waals surface area contributed by atoms with Crippen LogP contribution in [-0.2, 0) is 4.79 Å². The number of carboxylic acids is 1. The molecule has 26 heavy (non-hydrogen) atoms. The number of carbonyl (C=O) groups is 1. The summed E-state index contributed by atoms with van der Waals surface area (Å²) in [5, 5.41) is 17.9. The zero-order valence-corrected chi connectivity index (χ0v) is 13.3. The Labute approximate surface area is 148 Å². The minimum atomic E-state index is -1.10. The fourth-order valence-corrected chi connectivity index (χ4v) is 2.23. The molecule has 0 aliphatic carbocycles. The van der Waals surface area contributed by atoms with E-state index in [0.717, 1.165) is 0 Å². The number of rotatable bonds is 3. The maximum absolute atomic E-state index is 14.0. The van der Waals surface area contributed by atoms with E-state index in [-0.39, 0.29) is 11.3 Å². The number of ether oxygens (including phenoxy) is 1. The van der Waals surface area contributed by atoms with Crippen molar-refractivity contribution >= 4 is 5.97 Å². The van der Waals surface area contributed by atoms with Crippen LogP contribution in [0.2, 0.25) is 0 Å². The summed E-state index contributed by atoms with van der Waals surface area (Å²) in [5.41, 5.74) is 8.84. The van der Waals surface area contributed by atoms with E-state index in [2.05, 4.69) is 28.2 Å². The number of aliphatic carboxylic acids is 1. The van der Waals surface area contributed by atoms with Gasteiger partial charge in [-0.15, -0.1) is 0 Å². The molecule has 1 saturated heterocycles. The van der Waals surface area contributed by atoms with Gasteiger partial charge in [0.1, 0.15) is 11.6 Å². The lowest BCUT2D eigenvalue weighted by Gasteiger charge is -2.16. The minimum absolute atomic E-state index is 0.109. The van der Waals surface area contributed by atoms with Crippen LogP contribution in [0.1, 0.15) is 16.7 Å². The standard InChI is InChI=1S/C18H13FN4O3/c19-15-8-7-14(26-17-16(18(24)25)21-23-22-17)9-13(15)6-5-11-1-3-12(10-20)4-2-11/h1-4,7-9,16-17,21-23H,(H,24,25). The van der Waals surface area contributed by atoms with Gasteiger partial charge in [0, 0.05) is 5.56 Å². The van der Waals surface area contributed by atoms with Gasteiger partial charge in [0.05, 0.1) is 17.2 Å². The summed E-state index contributed by atoms with van der Waals surface area (Å²) in [7, 11) is 0. The maximum atomic E-state index is 14.0. The molecule has 2 aromatic carbocycles. The Morgan fingerprint density at radius 1 is 1.12 bits per heavy atom. The zero-order valence-electron chi connectivity index (χ0n) is 13.3. The highest BCUT2D eigenvalue weighted by Gasteiger charge is 2.34. The number of hydrogen-bond donors (Lipinski definition) is 4. The molecule has 0 aromatic heterocycles. The Kier molecular flexibility index (Phi) is 5.11. The van der Waals surface area contributed by atoms with Gasteiger partial charge in [-0.1, -0.05) is 11.8 Å². The van der Waals surface area contributed by atoms with Gasteiger partial charge in [0.15, 0.2) is 12.3 Å². The largest absolute Gasteiger partial charge is 0.480 e. The van der Waals surface area contributed by atoms with Crippen molar-refractivity contribution in [2.24, 2.45) is 0 Å². The first-order valence-corrected chi connectivity index (χ1v) is 7.54. The molecule has 7 nitrogen and oxygen atoms in total. The van der Waals surface area contributed by atoms with Crippen molar-refractivity contribution in [3.63, 3.8) is 0 Å². The Morgan fingerprint density at radius 3 is 2.54 bits per heavy atom. The molecule has 0 saturated carbocycles. The summed E-state index contributed by atoms with van der Waals surface area (Å²) < 4.78 is 19.5. The molecule has 1 fully saturated rings. The molecule has 8 heteroatoms. The van der Waals surface area contributed by atoms with Gasteiger partial charge in [-0.05, 0) is 42.5 Å². The molecule has 2 unspecified atom stereocenters. The molecule has 0 spiro atoms. The monoisotopic (exact) mass is 352 g/mol. The van der Waals surface area contributed by atoms with E-state index in [4.69, 9.17) is 15.1 Å². The van der Waals surface area contributed by atoms with Crippen LogP contribution in [-0.4, -0.2) is 23.3 Å². The van der Waals surface area contributed by atoms with Crippen molar-refractivity contribution in [2.45, 2.75) is 12.3 Å². The van der Waals surface area contributed by atoms with Crippen molar-refractivity contribution in [1.82, 2.24) is 16.4 Å². The SMILES string of the molecule is N#Cc1ccc(C#Cc2cc(OC3NNNC3C(=O)O)ccc2F)cc1. The van der Waals surface area contributed by atoms with E-state index in [0.29, 0.717) is 11.1 Å². The molecule has 0 bridgehead atoms. The van der Waals surface area contributed by atoms with E-state index < -0.39 is 24.1 Å². The predicted octanol–water partition coefficient (Wildman–Crippen LogP) is 0.868. The van der Waals surface area contributed by atoms with Crippen LogP contribution in [0.3, 0.4) is 0 Å². The fraction of sp³-hybridized carbons (Fsp3) is 0.111. The first-order chi connectivity index (χ1) is 12.6. The number of nitrogens with zero attached hydrogens (tertiary/aromatic N) is 1. The molecular weight excluding hydrogens is 339 g/mol. The van der Waals surface area contributed by atoms with E-state index >= 15 is 0 Å². The van der Waals surface area contributed by atoms with Gasteiger partial charge in [0.25, 0.3) is 0 Å². The van der Waals surface area contributed by atoms with Crippen LogP contribution < -0.4 is 21.1 Å². The van der Waals surface area contributed by atoms with Crippen molar-refractivity contribution in [2.75, 3.05) is 0 Å². The lowest BCUT2D eigenvalue weighted by atomic mass is 10.1. The van der Waals surface area contributed by atoms with Crippen LogP contribution in [0, 0.1) is 29.0 Å². The number of hydrogen-bond acceptors (Lipinski definition) is 6. The highest BCUT2D eigenvalue weighted by atomic mass is 19.1. The molecule has 0 amide bonds. The van der Waals surface area contributed by atoms with Gasteiger partial charge in [-0.25, -0.2) is 15.2 Å². The Morgan fingerprint density at radius 2 is 1.85 bits per heavy atom. The molecule has 1 aliphatic rings. The number of hydrazine groups is 2. The van der Waals surface area contributed by atoms with E-state index in [9.17, 15) is 9.18 Å². The first-order valence-electron chi connectivity index (χ1n) is 7.54. The molecule has 2 atom stereocenters. The Hall–Kier alpha value is -3.43. The van der Waals surface area contributed by atoms with E-state index in [1.165, 1.54) is 18.2 Å². The highest BCUT2D eigenvalue weighted by molar-refractivity contribution is 5.74. The smallest absolute Gasteiger partial charge is 0.327 e. The average molecular weight is 352 g/mol. The first kappa shape index (κ1) is 17.4. The number of halogens is 1. The van der Waals surface area contributed by atoms with Gasteiger partial charge in [-0.3, -0.25) is 4.79 Å². The third kappa shape index (κ3) is 3.97. The summed E-state index contributed by atoms with van der Waals surface area (Å²) in [4.78, 5) is 11.1. The fourth-order valence-electron chi connectivity index (χ4n) is 2.23. The van der Waals surface area contributed by atoms with Crippen molar-refractivity contribution < 1.29 is 19.0 Å². The number of carboxylic acid groups (broad SMARTS) is 1. The quantitative estimate of drug-likeness (QED) is 0.607. The molecule has 0 radical (unpaired) electrons. The second-order valence-electron chi connectivity index (χ2n) is 5.35. The Balaban J connectivity index is 1.79. The van der Waals surface area contributed by atoms with E-state index in [1.807, 2.05) is 6.07 Å². The van der Waals surface area contributed by atoms with Gasteiger partial charge in [0.2, 0.25) is 0 Å². The summed E-state index contributed by atoms with van der Waals surface area (Å²) in [5.74, 6) is 4.16. The molecule has 130 valence electrons. The van der Waals surface area contributed by atoms with Gasteiger partial charge < -0.3 is 9.84 Å². The summed E-state index contributed by atoms with van der Waals surface area (Å²) >= 11 is 0. The zero-order chi connectivity index (χ0) is 18.5. The van der Waals surface area contributed by atoms with Crippen molar-refractivity contribution in [3.05, 3.63) is 65.0 Å². The number of nitrogens with one attached hydrogen (secondary N) is 3. The lowest BCUT2D eigenvalue weighted by molar-refractivity contribution is -0.141. The van der Waals surface area contributed by atoms with Crippen LogP contribution in [0.25, 0.3) is 0 Å². The maximum Gasteiger partial charge on any atom is 0.327 e. The number of benzene rings is 2. The lowest BCUT2D eigenvalue weighted by Crippen LogP contribution is -2.44.